The lowest BCUT2D eigenvalue weighted by Crippen LogP contribution is -2.30. The maximum absolute atomic E-state index is 12.4. The first-order valence-corrected chi connectivity index (χ1v) is 11.6. The van der Waals surface area contributed by atoms with Gasteiger partial charge < -0.3 is 5.32 Å². The zero-order chi connectivity index (χ0) is 19.4. The number of carbonyl (C=O) groups is 1. The zero-order valence-electron chi connectivity index (χ0n) is 15.7. The second-order valence-electron chi connectivity index (χ2n) is 6.85. The average Bonchev–Trinajstić information content (AvgIpc) is 3.02. The van der Waals surface area contributed by atoms with Crippen molar-refractivity contribution in [1.29, 1.82) is 0 Å². The van der Waals surface area contributed by atoms with Crippen LogP contribution in [0.1, 0.15) is 35.9 Å². The molecule has 2 heterocycles. The molecule has 1 aromatic heterocycles. The molecule has 0 atom stereocenters. The highest BCUT2D eigenvalue weighted by atomic mass is 32.2. The monoisotopic (exact) mass is 407 g/mol. The number of aromatic nitrogens is 1. The van der Waals surface area contributed by atoms with Gasteiger partial charge in [0.2, 0.25) is 5.91 Å². The normalized spacial score (nSPS) is 14.7. The molecule has 0 bridgehead atoms. The molecule has 0 saturated heterocycles. The van der Waals surface area contributed by atoms with Gasteiger partial charge in [0.15, 0.2) is 15.0 Å². The molecule has 2 aromatic rings. The van der Waals surface area contributed by atoms with Crippen LogP contribution in [0.2, 0.25) is 0 Å². The van der Waals surface area contributed by atoms with Crippen LogP contribution in [0.4, 0.5) is 5.13 Å². The molecular weight excluding hydrogens is 382 g/mol. The SMILES string of the molecule is CCCN1CCc2nc(NC(=O)CCS(=O)(=O)c3ccc(C)cc3)sc2C1. The lowest BCUT2D eigenvalue weighted by atomic mass is 10.2. The predicted octanol–water partition coefficient (Wildman–Crippen LogP) is 3.02. The van der Waals surface area contributed by atoms with E-state index in [2.05, 4.69) is 22.1 Å². The Kier molecular flexibility index (Phi) is 6.29. The molecule has 8 heteroatoms. The van der Waals surface area contributed by atoms with Gasteiger partial charge in [0.1, 0.15) is 0 Å². The zero-order valence-corrected chi connectivity index (χ0v) is 17.3. The molecule has 3 rings (SSSR count). The molecule has 0 aliphatic carbocycles. The summed E-state index contributed by atoms with van der Waals surface area (Å²) in [6, 6.07) is 6.68. The van der Waals surface area contributed by atoms with E-state index < -0.39 is 9.84 Å². The van der Waals surface area contributed by atoms with Crippen molar-refractivity contribution in [3.8, 4) is 0 Å². The fourth-order valence-electron chi connectivity index (χ4n) is 3.08. The van der Waals surface area contributed by atoms with E-state index in [1.165, 1.54) is 16.2 Å². The predicted molar refractivity (Wildman–Crippen MR) is 108 cm³/mol. The molecule has 1 aliphatic rings. The van der Waals surface area contributed by atoms with Gasteiger partial charge in [-0.3, -0.25) is 9.69 Å². The first-order valence-electron chi connectivity index (χ1n) is 9.17. The number of nitrogens with one attached hydrogen (secondary N) is 1. The van der Waals surface area contributed by atoms with Crippen LogP contribution in [0.5, 0.6) is 0 Å². The highest BCUT2D eigenvalue weighted by Crippen LogP contribution is 2.28. The van der Waals surface area contributed by atoms with Gasteiger partial charge in [-0.05, 0) is 32.0 Å². The van der Waals surface area contributed by atoms with Crippen molar-refractivity contribution in [2.45, 2.75) is 44.6 Å². The number of nitrogens with zero attached hydrogens (tertiary/aromatic N) is 2. The largest absolute Gasteiger partial charge is 0.302 e. The Labute approximate surface area is 164 Å². The summed E-state index contributed by atoms with van der Waals surface area (Å²) in [6.45, 7) is 7.00. The Hall–Kier alpha value is -1.77. The Bertz CT molecular complexity index is 905. The van der Waals surface area contributed by atoms with E-state index in [1.54, 1.807) is 24.3 Å². The van der Waals surface area contributed by atoms with Crippen LogP contribution in [0.15, 0.2) is 29.2 Å². The maximum atomic E-state index is 12.4. The van der Waals surface area contributed by atoms with E-state index in [0.717, 1.165) is 43.7 Å². The molecule has 0 saturated carbocycles. The number of carbonyl (C=O) groups excluding carboxylic acids is 1. The summed E-state index contributed by atoms with van der Waals surface area (Å²) in [4.78, 5) is 20.5. The van der Waals surface area contributed by atoms with Crippen molar-refractivity contribution in [1.82, 2.24) is 9.88 Å². The van der Waals surface area contributed by atoms with Crippen molar-refractivity contribution < 1.29 is 13.2 Å². The quantitative estimate of drug-likeness (QED) is 0.763. The molecule has 1 N–H and O–H groups in total. The third-order valence-corrected chi connectivity index (χ3v) is 7.30. The first kappa shape index (κ1) is 20.0. The lowest BCUT2D eigenvalue weighted by Gasteiger charge is -2.24. The van der Waals surface area contributed by atoms with Gasteiger partial charge in [-0.1, -0.05) is 24.6 Å². The Morgan fingerprint density at radius 2 is 2.04 bits per heavy atom. The van der Waals surface area contributed by atoms with Gasteiger partial charge in [0.25, 0.3) is 0 Å². The number of amides is 1. The topological polar surface area (TPSA) is 79.4 Å². The maximum Gasteiger partial charge on any atom is 0.227 e. The Morgan fingerprint density at radius 3 is 2.74 bits per heavy atom. The molecule has 1 aromatic carbocycles. The van der Waals surface area contributed by atoms with Crippen molar-refractivity contribution in [2.75, 3.05) is 24.2 Å². The number of hydrogen-bond donors (Lipinski definition) is 1. The number of sulfone groups is 1. The summed E-state index contributed by atoms with van der Waals surface area (Å²) in [7, 11) is -3.46. The van der Waals surface area contributed by atoms with E-state index in [1.807, 2.05) is 6.92 Å². The highest BCUT2D eigenvalue weighted by Gasteiger charge is 2.21. The standard InChI is InChI=1S/C19H25N3O3S2/c1-3-10-22-11-8-16-17(13-22)26-19(20-16)21-18(23)9-12-27(24,25)15-6-4-14(2)5-7-15/h4-7H,3,8-13H2,1-2H3,(H,20,21,23). The summed E-state index contributed by atoms with van der Waals surface area (Å²) in [6.07, 6.45) is 1.93. The molecule has 1 aliphatic heterocycles. The van der Waals surface area contributed by atoms with E-state index >= 15 is 0 Å². The van der Waals surface area contributed by atoms with Crippen LogP contribution in [-0.4, -0.2) is 43.1 Å². The fraction of sp³-hybridized carbons (Fsp3) is 0.474. The Morgan fingerprint density at radius 1 is 1.30 bits per heavy atom. The average molecular weight is 408 g/mol. The van der Waals surface area contributed by atoms with E-state index in [4.69, 9.17) is 0 Å². The number of benzene rings is 1. The van der Waals surface area contributed by atoms with Crippen LogP contribution < -0.4 is 5.32 Å². The van der Waals surface area contributed by atoms with Crippen LogP contribution in [-0.2, 0) is 27.6 Å². The van der Waals surface area contributed by atoms with Crippen molar-refractivity contribution in [3.05, 3.63) is 40.4 Å². The van der Waals surface area contributed by atoms with Gasteiger partial charge >= 0.3 is 0 Å². The van der Waals surface area contributed by atoms with E-state index in [-0.39, 0.29) is 23.0 Å². The van der Waals surface area contributed by atoms with Crippen molar-refractivity contribution in [2.24, 2.45) is 0 Å². The van der Waals surface area contributed by atoms with Crippen LogP contribution in [0, 0.1) is 6.92 Å². The lowest BCUT2D eigenvalue weighted by molar-refractivity contribution is -0.115. The second-order valence-corrected chi connectivity index (χ2v) is 10.0. The second kappa shape index (κ2) is 8.50. The Balaban J connectivity index is 1.56. The summed E-state index contributed by atoms with van der Waals surface area (Å²) in [5.74, 6) is -0.528. The van der Waals surface area contributed by atoms with Gasteiger partial charge in [-0.25, -0.2) is 13.4 Å². The minimum Gasteiger partial charge on any atom is -0.302 e. The molecule has 1 amide bonds. The molecule has 6 nitrogen and oxygen atoms in total. The number of anilines is 1. The molecule has 0 fully saturated rings. The van der Waals surface area contributed by atoms with E-state index in [9.17, 15) is 13.2 Å². The molecular formula is C19H25N3O3S2. The minimum absolute atomic E-state index is 0.0809. The third-order valence-electron chi connectivity index (χ3n) is 4.57. The van der Waals surface area contributed by atoms with Gasteiger partial charge in [-0.2, -0.15) is 0 Å². The summed E-state index contributed by atoms with van der Waals surface area (Å²) in [5.41, 5.74) is 2.05. The van der Waals surface area contributed by atoms with Gasteiger partial charge in [0.05, 0.1) is 16.3 Å². The van der Waals surface area contributed by atoms with Crippen LogP contribution in [0.25, 0.3) is 0 Å². The number of hydrogen-bond acceptors (Lipinski definition) is 6. The number of aryl methyl sites for hydroxylation is 1. The number of thiazole rings is 1. The third kappa shape index (κ3) is 5.15. The summed E-state index contributed by atoms with van der Waals surface area (Å²) >= 11 is 1.49. The molecule has 146 valence electrons. The molecule has 27 heavy (non-hydrogen) atoms. The minimum atomic E-state index is -3.46. The van der Waals surface area contributed by atoms with Crippen molar-refractivity contribution >= 4 is 32.2 Å². The smallest absolute Gasteiger partial charge is 0.227 e. The molecule has 0 spiro atoms. The molecule has 0 radical (unpaired) electrons. The highest BCUT2D eigenvalue weighted by molar-refractivity contribution is 7.91. The van der Waals surface area contributed by atoms with Crippen molar-refractivity contribution in [3.63, 3.8) is 0 Å². The first-order chi connectivity index (χ1) is 12.9. The van der Waals surface area contributed by atoms with Gasteiger partial charge in [0, 0.05) is 30.8 Å². The fourth-order valence-corrected chi connectivity index (χ4v) is 5.39. The number of rotatable bonds is 7. The van der Waals surface area contributed by atoms with Crippen LogP contribution >= 0.6 is 11.3 Å². The van der Waals surface area contributed by atoms with Crippen LogP contribution in [0.3, 0.4) is 0 Å². The summed E-state index contributed by atoms with van der Waals surface area (Å²) in [5, 5.41) is 3.33. The van der Waals surface area contributed by atoms with Gasteiger partial charge in [-0.15, -0.1) is 11.3 Å². The molecule has 0 unspecified atom stereocenters. The van der Waals surface area contributed by atoms with E-state index in [0.29, 0.717) is 5.13 Å². The number of fused-ring (bicyclic) bond motifs is 1. The summed E-state index contributed by atoms with van der Waals surface area (Å²) < 4.78 is 24.7.